The molecule has 2 amide bonds. The fourth-order valence-electron chi connectivity index (χ4n) is 3.82. The molecule has 1 unspecified atom stereocenters. The van der Waals surface area contributed by atoms with Crippen molar-refractivity contribution in [2.45, 2.75) is 51.7 Å². The van der Waals surface area contributed by atoms with Crippen molar-refractivity contribution in [1.82, 2.24) is 15.5 Å². The van der Waals surface area contributed by atoms with Crippen LogP contribution in [0.4, 0.5) is 10.5 Å². The quantitative estimate of drug-likeness (QED) is 0.410. The van der Waals surface area contributed by atoms with Crippen molar-refractivity contribution in [2.24, 2.45) is 4.99 Å². The number of guanidine groups is 1. The maximum Gasteiger partial charge on any atom is 0.410 e. The van der Waals surface area contributed by atoms with Crippen molar-refractivity contribution in [1.29, 1.82) is 0 Å². The maximum atomic E-state index is 12.4. The van der Waals surface area contributed by atoms with Crippen molar-refractivity contribution in [3.05, 3.63) is 24.3 Å². The van der Waals surface area contributed by atoms with Gasteiger partial charge in [-0.05, 0) is 52.2 Å². The number of carbonyl (C=O) groups excluding carboxylic acids is 2. The van der Waals surface area contributed by atoms with Crippen LogP contribution in [0.5, 0.6) is 5.75 Å². The van der Waals surface area contributed by atoms with Crippen molar-refractivity contribution in [3.63, 3.8) is 0 Å². The van der Waals surface area contributed by atoms with Gasteiger partial charge in [-0.25, -0.2) is 4.79 Å². The molecule has 0 spiro atoms. The third-order valence-electron chi connectivity index (χ3n) is 5.30. The van der Waals surface area contributed by atoms with Crippen LogP contribution >= 0.6 is 0 Å². The summed E-state index contributed by atoms with van der Waals surface area (Å²) in [5, 5.41) is 6.72. The highest BCUT2D eigenvalue weighted by molar-refractivity contribution is 5.97. The number of benzene rings is 1. The number of hydrogen-bond acceptors (Lipinski definition) is 5. The molecule has 0 saturated carbocycles. The van der Waals surface area contributed by atoms with Crippen LogP contribution in [0.25, 0.3) is 0 Å². The number of hydrogen-bond donors (Lipinski definition) is 2. The first kappa shape index (κ1) is 23.7. The molecule has 9 nitrogen and oxygen atoms in total. The van der Waals surface area contributed by atoms with E-state index in [2.05, 4.69) is 15.6 Å². The van der Waals surface area contributed by atoms with Gasteiger partial charge in [-0.3, -0.25) is 9.79 Å². The summed E-state index contributed by atoms with van der Waals surface area (Å²) >= 11 is 0. The molecule has 2 aliphatic heterocycles. The smallest absolute Gasteiger partial charge is 0.410 e. The van der Waals surface area contributed by atoms with Gasteiger partial charge >= 0.3 is 6.09 Å². The van der Waals surface area contributed by atoms with E-state index < -0.39 is 5.60 Å². The Morgan fingerprint density at radius 3 is 2.84 bits per heavy atom. The minimum Gasteiger partial charge on any atom is -0.482 e. The Balaban J connectivity index is 1.44. The van der Waals surface area contributed by atoms with E-state index in [4.69, 9.17) is 9.47 Å². The fraction of sp³-hybridized carbons (Fsp3) is 0.609. The zero-order valence-corrected chi connectivity index (χ0v) is 19.5. The number of piperidine rings is 1. The van der Waals surface area contributed by atoms with E-state index in [0.29, 0.717) is 32.1 Å². The molecule has 0 aromatic heterocycles. The zero-order valence-electron chi connectivity index (χ0n) is 19.5. The molecule has 32 heavy (non-hydrogen) atoms. The number of rotatable bonds is 5. The topological polar surface area (TPSA) is 95.5 Å². The minimum atomic E-state index is -0.503. The van der Waals surface area contributed by atoms with E-state index >= 15 is 0 Å². The van der Waals surface area contributed by atoms with Crippen LogP contribution < -0.4 is 20.3 Å². The molecular formula is C23H35N5O4. The predicted molar refractivity (Wildman–Crippen MR) is 124 cm³/mol. The number of carbonyl (C=O) groups is 2. The number of aliphatic imine (C=N–C) groups is 1. The molecular weight excluding hydrogens is 410 g/mol. The van der Waals surface area contributed by atoms with Crippen LogP contribution in [0.2, 0.25) is 0 Å². The molecule has 1 aromatic carbocycles. The van der Waals surface area contributed by atoms with Gasteiger partial charge in [0.2, 0.25) is 0 Å². The molecule has 2 heterocycles. The lowest BCUT2D eigenvalue weighted by atomic mass is 10.1. The van der Waals surface area contributed by atoms with E-state index in [1.54, 1.807) is 16.8 Å². The van der Waals surface area contributed by atoms with Gasteiger partial charge < -0.3 is 29.9 Å². The summed E-state index contributed by atoms with van der Waals surface area (Å²) in [5.41, 5.74) is 0.313. The Hall–Kier alpha value is -2.97. The molecule has 0 aliphatic carbocycles. The molecule has 0 radical (unpaired) electrons. The first-order valence-corrected chi connectivity index (χ1v) is 11.2. The molecule has 176 valence electrons. The Morgan fingerprint density at radius 1 is 1.31 bits per heavy atom. The average molecular weight is 446 g/mol. The van der Waals surface area contributed by atoms with E-state index in [1.807, 2.05) is 45.0 Å². The van der Waals surface area contributed by atoms with Crippen molar-refractivity contribution < 1.29 is 19.1 Å². The Labute approximate surface area is 190 Å². The lowest BCUT2D eigenvalue weighted by Gasteiger charge is -2.35. The molecule has 1 aromatic rings. The highest BCUT2D eigenvalue weighted by Crippen LogP contribution is 2.31. The van der Waals surface area contributed by atoms with Crippen molar-refractivity contribution in [2.75, 3.05) is 44.7 Å². The predicted octanol–water partition coefficient (Wildman–Crippen LogP) is 2.37. The van der Waals surface area contributed by atoms with E-state index in [-0.39, 0.29) is 24.6 Å². The highest BCUT2D eigenvalue weighted by atomic mass is 16.6. The number of amides is 2. The van der Waals surface area contributed by atoms with Gasteiger partial charge in [0.1, 0.15) is 11.4 Å². The number of likely N-dealkylation sites (tertiary alicyclic amines) is 1. The van der Waals surface area contributed by atoms with Gasteiger partial charge in [0.15, 0.2) is 12.6 Å². The number of nitrogens with zero attached hydrogens (tertiary/aromatic N) is 3. The molecule has 1 saturated heterocycles. The molecule has 9 heteroatoms. The maximum absolute atomic E-state index is 12.4. The summed E-state index contributed by atoms with van der Waals surface area (Å²) in [4.78, 5) is 32.5. The number of nitrogens with one attached hydrogen (secondary N) is 2. The summed E-state index contributed by atoms with van der Waals surface area (Å²) in [6.07, 6.45) is 2.35. The summed E-state index contributed by atoms with van der Waals surface area (Å²) in [6.45, 7) is 8.23. The summed E-state index contributed by atoms with van der Waals surface area (Å²) in [6, 6.07) is 7.70. The molecule has 3 rings (SSSR count). The second-order valence-electron chi connectivity index (χ2n) is 9.06. The second-order valence-corrected chi connectivity index (χ2v) is 9.06. The van der Waals surface area contributed by atoms with Gasteiger partial charge in [0, 0.05) is 39.3 Å². The van der Waals surface area contributed by atoms with Gasteiger partial charge in [-0.2, -0.15) is 0 Å². The molecule has 2 N–H and O–H groups in total. The fourth-order valence-corrected chi connectivity index (χ4v) is 3.82. The van der Waals surface area contributed by atoms with Crippen LogP contribution in [0, 0.1) is 0 Å². The van der Waals surface area contributed by atoms with Gasteiger partial charge in [-0.15, -0.1) is 0 Å². The van der Waals surface area contributed by atoms with Gasteiger partial charge in [-0.1, -0.05) is 12.1 Å². The van der Waals surface area contributed by atoms with Crippen LogP contribution in [-0.2, 0) is 9.53 Å². The standard InChI is InChI=1S/C23H35N5O4/c1-23(2,3)32-22(30)27-13-7-9-17(15-27)26-21(24-4)25-12-8-14-28-18-10-5-6-11-19(18)31-16-20(28)29/h5-6,10-11,17H,7-9,12-16H2,1-4H3,(H2,24,25,26). The number of para-hydroxylation sites is 2. The largest absolute Gasteiger partial charge is 0.482 e. The van der Waals surface area contributed by atoms with E-state index in [9.17, 15) is 9.59 Å². The van der Waals surface area contributed by atoms with E-state index in [0.717, 1.165) is 30.7 Å². The lowest BCUT2D eigenvalue weighted by molar-refractivity contribution is -0.121. The van der Waals surface area contributed by atoms with Crippen molar-refractivity contribution >= 4 is 23.6 Å². The van der Waals surface area contributed by atoms with Gasteiger partial charge in [0.25, 0.3) is 5.91 Å². The average Bonchev–Trinajstić information content (AvgIpc) is 2.76. The highest BCUT2D eigenvalue weighted by Gasteiger charge is 2.28. The summed E-state index contributed by atoms with van der Waals surface area (Å²) in [5.74, 6) is 1.40. The summed E-state index contributed by atoms with van der Waals surface area (Å²) in [7, 11) is 1.73. The monoisotopic (exact) mass is 445 g/mol. The second kappa shape index (κ2) is 10.6. The first-order chi connectivity index (χ1) is 15.3. The van der Waals surface area contributed by atoms with Gasteiger partial charge in [0.05, 0.1) is 5.69 Å². The third kappa shape index (κ3) is 6.51. The number of anilines is 1. The van der Waals surface area contributed by atoms with E-state index in [1.165, 1.54) is 0 Å². The normalized spacial score (nSPS) is 19.2. The van der Waals surface area contributed by atoms with Crippen LogP contribution in [0.1, 0.15) is 40.0 Å². The number of fused-ring (bicyclic) bond motifs is 1. The SMILES string of the molecule is CN=C(NCCCN1C(=O)COc2ccccc21)NC1CCCN(C(=O)OC(C)(C)C)C1. The number of ether oxygens (including phenoxy) is 2. The Morgan fingerprint density at radius 2 is 2.09 bits per heavy atom. The molecule has 2 aliphatic rings. The van der Waals surface area contributed by atoms with Crippen LogP contribution in [0.3, 0.4) is 0 Å². The van der Waals surface area contributed by atoms with Crippen LogP contribution in [0.15, 0.2) is 29.3 Å². The Kier molecular flexibility index (Phi) is 7.82. The molecule has 0 bridgehead atoms. The molecule has 1 atom stereocenters. The third-order valence-corrected chi connectivity index (χ3v) is 5.30. The lowest BCUT2D eigenvalue weighted by Crippen LogP contribution is -2.53. The Bertz CT molecular complexity index is 836. The minimum absolute atomic E-state index is 0.0318. The van der Waals surface area contributed by atoms with Crippen LogP contribution in [-0.4, -0.2) is 74.3 Å². The molecule has 1 fully saturated rings. The zero-order chi connectivity index (χ0) is 23.1. The first-order valence-electron chi connectivity index (χ1n) is 11.2. The summed E-state index contributed by atoms with van der Waals surface area (Å²) < 4.78 is 11.0. The van der Waals surface area contributed by atoms with Crippen molar-refractivity contribution in [3.8, 4) is 5.75 Å².